The summed E-state index contributed by atoms with van der Waals surface area (Å²) in [7, 11) is 0. The molecule has 4 rings (SSSR count). The molecule has 0 radical (unpaired) electrons. The number of aryl methyl sites for hydroxylation is 2. The van der Waals surface area contributed by atoms with Gasteiger partial charge in [0.1, 0.15) is 0 Å². The molecule has 154 valence electrons. The zero-order chi connectivity index (χ0) is 20.8. The van der Waals surface area contributed by atoms with Crippen molar-refractivity contribution in [2.24, 2.45) is 11.8 Å². The van der Waals surface area contributed by atoms with Gasteiger partial charge in [0, 0.05) is 31.1 Å². The highest BCUT2D eigenvalue weighted by Gasteiger charge is 2.51. The lowest BCUT2D eigenvalue weighted by Crippen LogP contribution is -2.42. The van der Waals surface area contributed by atoms with Gasteiger partial charge in [-0.15, -0.1) is 10.2 Å². The van der Waals surface area contributed by atoms with Gasteiger partial charge in [0.15, 0.2) is 12.0 Å². The summed E-state index contributed by atoms with van der Waals surface area (Å²) < 4.78 is 43.1. The highest BCUT2D eigenvalue weighted by atomic mass is 19.4. The molecule has 0 bridgehead atoms. The van der Waals surface area contributed by atoms with Crippen molar-refractivity contribution >= 4 is 11.8 Å². The van der Waals surface area contributed by atoms with Crippen molar-refractivity contribution in [2.75, 3.05) is 24.5 Å². The number of nitrogens with zero attached hydrogens (tertiary/aromatic N) is 3. The van der Waals surface area contributed by atoms with Crippen molar-refractivity contribution in [1.82, 2.24) is 15.5 Å². The van der Waals surface area contributed by atoms with Crippen LogP contribution >= 0.6 is 0 Å². The number of ether oxygens (including phenoxy) is 1. The van der Waals surface area contributed by atoms with Gasteiger partial charge in [-0.05, 0) is 44.0 Å². The number of rotatable bonds is 3. The van der Waals surface area contributed by atoms with Gasteiger partial charge in [0.05, 0.1) is 5.69 Å². The second-order valence-corrected chi connectivity index (χ2v) is 7.68. The molecule has 29 heavy (non-hydrogen) atoms. The third kappa shape index (κ3) is 3.91. The fourth-order valence-corrected chi connectivity index (χ4v) is 4.18. The van der Waals surface area contributed by atoms with E-state index in [0.29, 0.717) is 31.1 Å². The molecule has 0 amide bonds. The second kappa shape index (κ2) is 7.29. The maximum atomic E-state index is 12.7. The summed E-state index contributed by atoms with van der Waals surface area (Å²) in [6.07, 6.45) is -6.06. The Hall–Kier alpha value is -2.68. The molecular weight excluding hydrogens is 385 g/mol. The van der Waals surface area contributed by atoms with Crippen LogP contribution in [-0.4, -0.2) is 48.2 Å². The molecule has 2 aliphatic heterocycles. The molecule has 0 aliphatic carbocycles. The van der Waals surface area contributed by atoms with E-state index in [1.807, 2.05) is 26.0 Å². The third-order valence-corrected chi connectivity index (χ3v) is 5.42. The van der Waals surface area contributed by atoms with E-state index in [4.69, 9.17) is 4.74 Å². The van der Waals surface area contributed by atoms with Crippen LogP contribution in [0.5, 0.6) is 0 Å². The number of benzene rings is 1. The Balaban J connectivity index is 1.59. The number of esters is 1. The summed E-state index contributed by atoms with van der Waals surface area (Å²) in [5, 5.41) is 11.6. The molecule has 0 saturated carbocycles. The lowest BCUT2D eigenvalue weighted by Gasteiger charge is -2.28. The molecule has 9 heteroatoms. The highest BCUT2D eigenvalue weighted by molar-refractivity contribution is 5.76. The topological polar surface area (TPSA) is 67.3 Å². The Bertz CT molecular complexity index is 897. The van der Waals surface area contributed by atoms with E-state index in [-0.39, 0.29) is 11.8 Å². The van der Waals surface area contributed by atoms with Crippen LogP contribution in [0.1, 0.15) is 11.1 Å². The minimum absolute atomic E-state index is 0.0851. The minimum atomic E-state index is -5.03. The number of nitrogens with one attached hydrogen (secondary N) is 1. The first kappa shape index (κ1) is 19.6. The fourth-order valence-electron chi connectivity index (χ4n) is 4.18. The van der Waals surface area contributed by atoms with Crippen molar-refractivity contribution in [3.8, 4) is 11.3 Å². The Morgan fingerprint density at radius 1 is 1.14 bits per heavy atom. The molecular formula is C20H21F3N4O2. The third-order valence-electron chi connectivity index (χ3n) is 5.42. The summed E-state index contributed by atoms with van der Waals surface area (Å²) in [5.74, 6) is -1.92. The van der Waals surface area contributed by atoms with Crippen LogP contribution in [-0.2, 0) is 9.53 Å². The first-order valence-corrected chi connectivity index (χ1v) is 9.40. The van der Waals surface area contributed by atoms with Gasteiger partial charge in [0.25, 0.3) is 0 Å². The Labute approximate surface area is 166 Å². The quantitative estimate of drug-likeness (QED) is 0.791. The molecule has 3 atom stereocenters. The van der Waals surface area contributed by atoms with Gasteiger partial charge in [-0.2, -0.15) is 13.2 Å². The average molecular weight is 406 g/mol. The van der Waals surface area contributed by atoms with E-state index < -0.39 is 18.4 Å². The SMILES string of the molecule is Cc1cc(C)cc(-c2ccc(N3CC4CNCC4C3OC(=O)C(F)(F)F)nn2)c1. The van der Waals surface area contributed by atoms with Crippen molar-refractivity contribution in [3.05, 3.63) is 41.5 Å². The summed E-state index contributed by atoms with van der Waals surface area (Å²) >= 11 is 0. The molecule has 3 heterocycles. The van der Waals surface area contributed by atoms with Crippen LogP contribution in [0.25, 0.3) is 11.3 Å². The predicted molar refractivity (Wildman–Crippen MR) is 100 cm³/mol. The molecule has 6 nitrogen and oxygen atoms in total. The smallest absolute Gasteiger partial charge is 0.434 e. The lowest BCUT2D eigenvalue weighted by molar-refractivity contribution is -0.206. The number of halogens is 3. The van der Waals surface area contributed by atoms with Crippen LogP contribution in [0.3, 0.4) is 0 Å². The molecule has 2 fully saturated rings. The highest BCUT2D eigenvalue weighted by Crippen LogP contribution is 2.37. The van der Waals surface area contributed by atoms with Crippen molar-refractivity contribution in [2.45, 2.75) is 26.3 Å². The number of anilines is 1. The minimum Gasteiger partial charge on any atom is -0.434 e. The largest absolute Gasteiger partial charge is 0.491 e. The molecule has 3 unspecified atom stereocenters. The van der Waals surface area contributed by atoms with Crippen LogP contribution in [0, 0.1) is 25.7 Å². The Morgan fingerprint density at radius 2 is 1.86 bits per heavy atom. The number of alkyl halides is 3. The summed E-state index contributed by atoms with van der Waals surface area (Å²) in [6.45, 7) is 5.59. The van der Waals surface area contributed by atoms with Gasteiger partial charge >= 0.3 is 12.1 Å². The van der Waals surface area contributed by atoms with E-state index in [9.17, 15) is 18.0 Å². The molecule has 2 aliphatic rings. The zero-order valence-electron chi connectivity index (χ0n) is 16.0. The summed E-state index contributed by atoms with van der Waals surface area (Å²) in [6, 6.07) is 9.55. The Kier molecular flexibility index (Phi) is 4.94. The molecule has 2 aromatic rings. The number of fused-ring (bicyclic) bond motifs is 1. The van der Waals surface area contributed by atoms with Gasteiger partial charge in [-0.3, -0.25) is 0 Å². The summed E-state index contributed by atoms with van der Waals surface area (Å²) in [5.41, 5.74) is 3.80. The standard InChI is InChI=1S/C20H21F3N4O2/c1-11-5-12(2)7-13(6-11)16-3-4-17(26-25-16)27-10-14-8-24-9-15(14)18(27)29-19(28)20(21,22)23/h3-7,14-15,18,24H,8-10H2,1-2H3. The molecule has 2 saturated heterocycles. The molecule has 0 spiro atoms. The lowest BCUT2D eigenvalue weighted by atomic mass is 9.99. The van der Waals surface area contributed by atoms with Gasteiger partial charge in [-0.25, -0.2) is 4.79 Å². The number of hydrogen-bond acceptors (Lipinski definition) is 6. The number of carbonyl (C=O) groups is 1. The van der Waals surface area contributed by atoms with E-state index in [0.717, 1.165) is 16.7 Å². The average Bonchev–Trinajstić information content (AvgIpc) is 3.23. The Morgan fingerprint density at radius 3 is 2.48 bits per heavy atom. The number of carbonyl (C=O) groups excluding carboxylic acids is 1. The van der Waals surface area contributed by atoms with Crippen LogP contribution < -0.4 is 10.2 Å². The van der Waals surface area contributed by atoms with Gasteiger partial charge in [0.2, 0.25) is 0 Å². The van der Waals surface area contributed by atoms with Crippen LogP contribution in [0.4, 0.5) is 19.0 Å². The zero-order valence-corrected chi connectivity index (χ0v) is 16.0. The maximum absolute atomic E-state index is 12.7. The monoisotopic (exact) mass is 406 g/mol. The van der Waals surface area contributed by atoms with Crippen molar-refractivity contribution in [3.63, 3.8) is 0 Å². The van der Waals surface area contributed by atoms with E-state index in [2.05, 4.69) is 21.6 Å². The summed E-state index contributed by atoms with van der Waals surface area (Å²) in [4.78, 5) is 13.1. The van der Waals surface area contributed by atoms with Crippen LogP contribution in [0.2, 0.25) is 0 Å². The number of hydrogen-bond donors (Lipinski definition) is 1. The van der Waals surface area contributed by atoms with E-state index in [1.165, 1.54) is 0 Å². The fraction of sp³-hybridized carbons (Fsp3) is 0.450. The molecule has 1 N–H and O–H groups in total. The van der Waals surface area contributed by atoms with E-state index in [1.54, 1.807) is 17.0 Å². The molecule has 1 aromatic carbocycles. The first-order chi connectivity index (χ1) is 13.7. The first-order valence-electron chi connectivity index (χ1n) is 9.40. The van der Waals surface area contributed by atoms with Gasteiger partial charge < -0.3 is 15.0 Å². The maximum Gasteiger partial charge on any atom is 0.491 e. The normalized spacial score (nSPS) is 23.9. The molecule has 1 aromatic heterocycles. The van der Waals surface area contributed by atoms with Crippen molar-refractivity contribution < 1.29 is 22.7 Å². The van der Waals surface area contributed by atoms with Gasteiger partial charge in [-0.1, -0.05) is 17.2 Å². The number of aromatic nitrogens is 2. The van der Waals surface area contributed by atoms with Crippen LogP contribution in [0.15, 0.2) is 30.3 Å². The predicted octanol–water partition coefficient (Wildman–Crippen LogP) is 2.85. The van der Waals surface area contributed by atoms with E-state index >= 15 is 0 Å². The van der Waals surface area contributed by atoms with Crippen molar-refractivity contribution in [1.29, 1.82) is 0 Å². The second-order valence-electron chi connectivity index (χ2n) is 7.68.